The van der Waals surface area contributed by atoms with E-state index < -0.39 is 344 Å². The molecule has 7 heterocycles. The molecule has 0 radical (unpaired) electrons. The lowest BCUT2D eigenvalue weighted by molar-refractivity contribution is -0.358. The van der Waals surface area contributed by atoms with Gasteiger partial charge in [-0.1, -0.05) is 26.7 Å². The van der Waals surface area contributed by atoms with E-state index in [4.69, 9.17) is 75.8 Å². The lowest BCUT2D eigenvalue weighted by Gasteiger charge is -2.60. The van der Waals surface area contributed by atoms with Crippen molar-refractivity contribution in [2.45, 2.75) is 353 Å². The molecule has 37 heteroatoms. The summed E-state index contributed by atoms with van der Waals surface area (Å²) in [6.07, 6.45) is -35.1. The molecule has 9 fully saturated rings. The number of hydrogen-bond acceptors (Lipinski definition) is 37. The summed E-state index contributed by atoms with van der Waals surface area (Å²) >= 11 is 0. The van der Waals surface area contributed by atoms with E-state index in [0.29, 0.717) is 0 Å². The van der Waals surface area contributed by atoms with Gasteiger partial charge in [0.1, 0.15) is 82.0 Å². The molecule has 2 unspecified atom stereocenters. The predicted molar refractivity (Wildman–Crippen MR) is 412 cm³/mol. The van der Waals surface area contributed by atoms with Crippen LogP contribution in [0.1, 0.15) is 223 Å². The fraction of sp³-hybridized carbons (Fsp3) is 0.718. The maximum Gasteiger partial charge on any atom is 0.232 e. The standard InChI is InChI=1S/C85H112O37/c1-14-22-82(104)78(120-45-18-16-43(30(3)110-45)116-47-20-24-80(102,34(7)86)36(9)114-47)68(98)71(118-49-28-41(88)60(90)32(5)112-49)40-27-38-26-39-52(62(92)51(38)76(100)84(40,82)105)63(93)56(74(109-13)70(39)107-11)55-64(94)53-54(67(97)73(55)108-12)65(95)57-58(66(53)96)77(101)85(106)59-72(57)122-83(85,23-15-2)79(69(99)75(59)119-50-29-42(89)61(91)33(6)113-50)121-46-19-17-44(31(4)111-46)117-48-21-25-81(103,35(8)87)37(10)115-48/h26,30-33,36-37,40-50,59-61,68-69,71-72,75,78-79,88-93,95-96,98-99,102-106H,14-25,27-29H2,1-13H3/t30-,31+,32+,33+,36-,37+,40-,41-,42-,43-,44-,45+,46+,47-,48+,49-,50+,59?,60-,61-,68+,69+,71-,72-,75-,78-,79-,80+,81+,82+,83-,84+,85?/m1/s1. The predicted octanol–water partition coefficient (Wildman–Crippen LogP) is 2.40. The second-order valence-electron chi connectivity index (χ2n) is 35.1. The number of ketones is 6. The van der Waals surface area contributed by atoms with E-state index >= 15 is 19.2 Å². The Labute approximate surface area is 700 Å². The zero-order valence-corrected chi connectivity index (χ0v) is 70.0. The number of aromatic hydroxyl groups is 4. The number of Topliss-reactive ketones (excluding diaryl/α,β-unsaturated/α-hetero) is 6. The lowest BCUT2D eigenvalue weighted by Crippen LogP contribution is -2.80. The molecular weight excluding hydrogens is 1610 g/mol. The van der Waals surface area contributed by atoms with Gasteiger partial charge in [-0.25, -0.2) is 0 Å². The summed E-state index contributed by atoms with van der Waals surface area (Å²) in [6.45, 7) is 15.1. The van der Waals surface area contributed by atoms with Gasteiger partial charge in [0.05, 0.1) is 145 Å². The van der Waals surface area contributed by atoms with Gasteiger partial charge in [-0.05, 0) is 112 Å². The van der Waals surface area contributed by atoms with E-state index in [9.17, 15) is 86.2 Å². The van der Waals surface area contributed by atoms with Gasteiger partial charge in [-0.2, -0.15) is 0 Å². The number of carbonyl (C=O) groups excluding carboxylic acids is 6. The van der Waals surface area contributed by atoms with Crippen LogP contribution in [0, 0.1) is 11.8 Å². The maximum absolute atomic E-state index is 16.4. The van der Waals surface area contributed by atoms with Gasteiger partial charge in [0, 0.05) is 55.4 Å². The molecule has 674 valence electrons. The summed E-state index contributed by atoms with van der Waals surface area (Å²) in [4.78, 5) is 89.5. The molecule has 3 aromatic rings. The molecule has 12 aliphatic rings. The molecule has 3 aromatic carbocycles. The molecule has 33 atom stereocenters. The Morgan fingerprint density at radius 3 is 1.44 bits per heavy atom. The first-order valence-corrected chi connectivity index (χ1v) is 42.0. The highest BCUT2D eigenvalue weighted by molar-refractivity contribution is 6.43. The van der Waals surface area contributed by atoms with Crippen molar-refractivity contribution >= 4 is 51.0 Å². The van der Waals surface area contributed by atoms with E-state index in [1.54, 1.807) is 41.5 Å². The first-order valence-electron chi connectivity index (χ1n) is 42.0. The number of benzene rings is 3. The summed E-state index contributed by atoms with van der Waals surface area (Å²) < 4.78 is 101. The van der Waals surface area contributed by atoms with E-state index in [2.05, 4.69) is 0 Å². The molecule has 2 saturated carbocycles. The van der Waals surface area contributed by atoms with E-state index in [0.717, 1.165) is 21.3 Å². The lowest BCUT2D eigenvalue weighted by atomic mass is 9.53. The van der Waals surface area contributed by atoms with Crippen molar-refractivity contribution in [2.24, 2.45) is 11.8 Å². The highest BCUT2D eigenvalue weighted by atomic mass is 16.8. The van der Waals surface area contributed by atoms with Crippen LogP contribution in [0.25, 0.3) is 16.3 Å². The number of ether oxygens (including phenoxy) is 16. The van der Waals surface area contributed by atoms with Gasteiger partial charge in [-0.3, -0.25) is 28.8 Å². The first kappa shape index (κ1) is 90.1. The van der Waals surface area contributed by atoms with Gasteiger partial charge in [0.15, 0.2) is 77.8 Å². The van der Waals surface area contributed by atoms with Crippen LogP contribution in [0.3, 0.4) is 0 Å². The SMILES string of the molecule is CCC[C@]12O[C@@H]3c4c(O)c5c(c(O)c4C(=O)C1(O)C3[C@@H](O[C@H]1C[C@@H](O)[C@H](O)[C@H](C)O1)[C@H](O)[C@H]2O[C@H]1CC[C@@H](O[C@H]2CC[C@](O)(C(C)=O)[C@H](C)O2)[C@H](C)O1)C(=O)C(c1c(OC)c(OC)c2cc3c(c(O)c2c1O)C(=O)[C@@]1(O)[C@H](C3)[C@@H](O[C@@H]2C[C@@H](O)[C@H](O)[C@H](C)O2)[C@H](O)[C@@H](O[C@H]2CC[C@@H](O[C@@H]3CC[C@](O)(C(C)=O)[C@@H](C)O3)[C@@H](C)O2)[C@@]1(O)CCC)=C(OC)C5=O. The minimum Gasteiger partial charge on any atom is -0.507 e. The second-order valence-corrected chi connectivity index (χ2v) is 35.1. The number of methoxy groups -OCH3 is 3. The highest BCUT2D eigenvalue weighted by Gasteiger charge is 2.82. The molecule has 5 aliphatic carbocycles. The minimum absolute atomic E-state index is 0.0101. The normalized spacial score (nSPS) is 43.2. The van der Waals surface area contributed by atoms with Crippen molar-refractivity contribution in [3.8, 4) is 34.5 Å². The summed E-state index contributed by atoms with van der Waals surface area (Å²) in [5, 5.41) is 185. The van der Waals surface area contributed by atoms with E-state index in [1.807, 2.05) is 0 Å². The van der Waals surface area contributed by atoms with Crippen molar-refractivity contribution in [3.05, 3.63) is 50.8 Å². The van der Waals surface area contributed by atoms with Crippen LogP contribution in [-0.2, 0) is 82.3 Å². The monoisotopic (exact) mass is 1720 g/mol. The van der Waals surface area contributed by atoms with Crippen LogP contribution in [0.2, 0.25) is 0 Å². The molecular formula is C85H112O37. The van der Waals surface area contributed by atoms with Crippen LogP contribution >= 0.6 is 0 Å². The molecule has 0 amide bonds. The second kappa shape index (κ2) is 32.9. The number of hydrogen-bond donors (Lipinski definition) is 15. The molecule has 15 N–H and O–H groups in total. The minimum atomic E-state index is -3.21. The Morgan fingerprint density at radius 2 is 0.959 bits per heavy atom. The Hall–Kier alpha value is -6.68. The third-order valence-corrected chi connectivity index (χ3v) is 28.3. The summed E-state index contributed by atoms with van der Waals surface area (Å²) in [5.74, 6) is -17.3. The van der Waals surface area contributed by atoms with Gasteiger partial charge in [-0.15, -0.1) is 0 Å². The molecule has 7 saturated heterocycles. The number of phenolic OH excluding ortho intramolecular Hbond substituents is 4. The van der Waals surface area contributed by atoms with Crippen LogP contribution in [0.15, 0.2) is 11.8 Å². The first-order chi connectivity index (χ1) is 57.5. The number of rotatable bonds is 22. The molecule has 0 spiro atoms. The number of fused-ring (bicyclic) bond motifs is 6. The van der Waals surface area contributed by atoms with Crippen LogP contribution in [-0.4, -0.2) is 314 Å². The van der Waals surface area contributed by atoms with Crippen molar-refractivity contribution in [1.29, 1.82) is 0 Å². The maximum atomic E-state index is 16.4. The number of aliphatic hydroxyl groups excluding tert-OH is 6. The van der Waals surface area contributed by atoms with E-state index in [-0.39, 0.29) is 81.6 Å². The topological polar surface area (TPSA) is 554 Å². The van der Waals surface area contributed by atoms with Crippen LogP contribution in [0.4, 0.5) is 0 Å². The van der Waals surface area contributed by atoms with Gasteiger partial charge >= 0.3 is 0 Å². The van der Waals surface area contributed by atoms with Gasteiger partial charge in [0.2, 0.25) is 23.1 Å². The molecule has 15 rings (SSSR count). The number of allylic oxidation sites excluding steroid dienone is 2. The van der Waals surface area contributed by atoms with Crippen LogP contribution in [0.5, 0.6) is 34.5 Å². The van der Waals surface area contributed by atoms with Crippen molar-refractivity contribution in [3.63, 3.8) is 0 Å². The summed E-state index contributed by atoms with van der Waals surface area (Å²) in [5.41, 5.74) is -21.6. The third-order valence-electron chi connectivity index (χ3n) is 28.3. The molecule has 122 heavy (non-hydrogen) atoms. The zero-order valence-electron chi connectivity index (χ0n) is 70.0. The Bertz CT molecular complexity index is 4640. The summed E-state index contributed by atoms with van der Waals surface area (Å²) in [6, 6.07) is 1.25. The zero-order chi connectivity index (χ0) is 88.5. The Morgan fingerprint density at radius 1 is 0.484 bits per heavy atom. The average Bonchev–Trinajstić information content (AvgIpc) is 1.46. The Balaban J connectivity index is 0.798. The fourth-order valence-corrected chi connectivity index (χ4v) is 21.7. The molecule has 4 bridgehead atoms. The summed E-state index contributed by atoms with van der Waals surface area (Å²) in [7, 11) is 3.09. The number of aliphatic hydroxyl groups is 11. The van der Waals surface area contributed by atoms with Crippen molar-refractivity contribution < 1.29 is 181 Å². The van der Waals surface area contributed by atoms with Crippen molar-refractivity contribution in [1.82, 2.24) is 0 Å². The van der Waals surface area contributed by atoms with Crippen LogP contribution < -0.4 is 9.47 Å². The van der Waals surface area contributed by atoms with Crippen molar-refractivity contribution in [2.75, 3.05) is 21.3 Å². The largest absolute Gasteiger partial charge is 0.507 e. The Kier molecular flexibility index (Phi) is 24.3. The van der Waals surface area contributed by atoms with Gasteiger partial charge < -0.3 is 152 Å². The third kappa shape index (κ3) is 13.6. The molecule has 0 aromatic heterocycles. The fourth-order valence-electron chi connectivity index (χ4n) is 21.7. The number of phenols is 4. The highest BCUT2D eigenvalue weighted by Crippen LogP contribution is 2.69. The van der Waals surface area contributed by atoms with E-state index in [1.165, 1.54) is 33.8 Å². The average molecular weight is 1730 g/mol. The number of carbonyl (C=O) groups is 6. The quantitative estimate of drug-likeness (QED) is 0.0642. The van der Waals surface area contributed by atoms with Gasteiger partial charge in [0.25, 0.3) is 0 Å². The molecule has 7 aliphatic heterocycles. The molecule has 37 nitrogen and oxygen atoms in total. The smallest absolute Gasteiger partial charge is 0.232 e.